The zero-order valence-corrected chi connectivity index (χ0v) is 13.5. The predicted octanol–water partition coefficient (Wildman–Crippen LogP) is 3.36. The third-order valence-corrected chi connectivity index (χ3v) is 4.47. The Kier molecular flexibility index (Phi) is 4.72. The van der Waals surface area contributed by atoms with Crippen molar-refractivity contribution in [1.29, 1.82) is 0 Å². The lowest BCUT2D eigenvalue weighted by molar-refractivity contribution is -0.129. The number of aryl methyl sites for hydroxylation is 1. The average molecular weight is 289 g/mol. The van der Waals surface area contributed by atoms with E-state index < -0.39 is 6.10 Å². The number of hydrogen-bond acceptors (Lipinski definition) is 2. The molecular formula is C18H27NO2. The lowest BCUT2D eigenvalue weighted by atomic mass is 9.80. The van der Waals surface area contributed by atoms with Crippen molar-refractivity contribution in [3.63, 3.8) is 0 Å². The van der Waals surface area contributed by atoms with E-state index in [1.807, 2.05) is 12.1 Å². The summed E-state index contributed by atoms with van der Waals surface area (Å²) >= 11 is 0. The first-order valence-corrected chi connectivity index (χ1v) is 7.84. The van der Waals surface area contributed by atoms with Crippen LogP contribution in [0, 0.1) is 18.3 Å². The molecule has 0 aromatic heterocycles. The van der Waals surface area contributed by atoms with Gasteiger partial charge in [-0.15, -0.1) is 0 Å². The molecule has 116 valence electrons. The minimum absolute atomic E-state index is 0.0109. The summed E-state index contributed by atoms with van der Waals surface area (Å²) in [5.41, 5.74) is 2.27. The maximum absolute atomic E-state index is 12.5. The Morgan fingerprint density at radius 3 is 2.48 bits per heavy atom. The minimum atomic E-state index is -0.484. The lowest BCUT2D eigenvalue weighted by Gasteiger charge is -2.34. The fourth-order valence-corrected chi connectivity index (χ4v) is 3.17. The minimum Gasteiger partial charge on any atom is -0.392 e. The van der Waals surface area contributed by atoms with Gasteiger partial charge in [-0.25, -0.2) is 0 Å². The molecule has 0 bridgehead atoms. The van der Waals surface area contributed by atoms with E-state index in [4.69, 9.17) is 0 Å². The number of amides is 1. The number of benzene rings is 1. The third kappa shape index (κ3) is 3.65. The van der Waals surface area contributed by atoms with Gasteiger partial charge in [-0.05, 0) is 42.7 Å². The van der Waals surface area contributed by atoms with E-state index in [0.717, 1.165) is 24.8 Å². The van der Waals surface area contributed by atoms with E-state index in [9.17, 15) is 9.90 Å². The van der Waals surface area contributed by atoms with Crippen LogP contribution in [0.25, 0.3) is 0 Å². The second-order valence-electron chi connectivity index (χ2n) is 7.27. The molecule has 1 aliphatic carbocycles. The summed E-state index contributed by atoms with van der Waals surface area (Å²) in [6.07, 6.45) is 1.98. The molecule has 0 heterocycles. The smallest absolute Gasteiger partial charge is 0.226 e. The Hall–Kier alpha value is -1.35. The number of rotatable bonds is 3. The van der Waals surface area contributed by atoms with Crippen LogP contribution in [0.15, 0.2) is 24.3 Å². The Bertz CT molecular complexity index is 504. The maximum atomic E-state index is 12.5. The van der Waals surface area contributed by atoms with Crippen molar-refractivity contribution >= 4 is 5.91 Å². The van der Waals surface area contributed by atoms with E-state index >= 15 is 0 Å². The van der Waals surface area contributed by atoms with Crippen LogP contribution in [0.5, 0.6) is 0 Å². The molecule has 0 aliphatic heterocycles. The monoisotopic (exact) mass is 289 g/mol. The van der Waals surface area contributed by atoms with Crippen LogP contribution in [0.4, 0.5) is 0 Å². The number of hydrogen-bond donors (Lipinski definition) is 2. The van der Waals surface area contributed by atoms with Gasteiger partial charge < -0.3 is 10.4 Å². The molecule has 3 atom stereocenters. The highest BCUT2D eigenvalue weighted by Gasteiger charge is 2.35. The normalized spacial score (nSPS) is 23.9. The van der Waals surface area contributed by atoms with Crippen molar-refractivity contribution in [3.8, 4) is 0 Å². The molecule has 21 heavy (non-hydrogen) atoms. The highest BCUT2D eigenvalue weighted by Crippen LogP contribution is 2.35. The van der Waals surface area contributed by atoms with Gasteiger partial charge >= 0.3 is 0 Å². The zero-order valence-electron chi connectivity index (χ0n) is 13.5. The molecule has 2 rings (SSSR count). The molecule has 3 unspecified atom stereocenters. The van der Waals surface area contributed by atoms with Gasteiger partial charge in [0.2, 0.25) is 5.91 Å². The van der Waals surface area contributed by atoms with Crippen molar-refractivity contribution in [2.45, 2.75) is 59.1 Å². The number of nitrogens with one attached hydrogen (secondary N) is 1. The van der Waals surface area contributed by atoms with Crippen LogP contribution in [0.1, 0.15) is 57.2 Å². The molecule has 1 saturated carbocycles. The average Bonchev–Trinajstić information content (AvgIpc) is 2.82. The predicted molar refractivity (Wildman–Crippen MR) is 84.9 cm³/mol. The number of carbonyl (C=O) groups is 1. The Morgan fingerprint density at radius 2 is 1.95 bits per heavy atom. The molecule has 1 aromatic carbocycles. The number of carbonyl (C=O) groups excluding carboxylic acids is 1. The van der Waals surface area contributed by atoms with Crippen LogP contribution >= 0.6 is 0 Å². The molecule has 3 heteroatoms. The summed E-state index contributed by atoms with van der Waals surface area (Å²) in [6.45, 7) is 8.48. The van der Waals surface area contributed by atoms with Gasteiger partial charge in [0.25, 0.3) is 0 Å². The van der Waals surface area contributed by atoms with Crippen molar-refractivity contribution in [2.75, 3.05) is 0 Å². The summed E-state index contributed by atoms with van der Waals surface area (Å²) in [7, 11) is 0. The van der Waals surface area contributed by atoms with Crippen LogP contribution in [-0.2, 0) is 4.79 Å². The van der Waals surface area contributed by atoms with Gasteiger partial charge in [0.1, 0.15) is 0 Å². The molecule has 1 aromatic rings. The summed E-state index contributed by atoms with van der Waals surface area (Å²) in [5, 5.41) is 13.1. The summed E-state index contributed by atoms with van der Waals surface area (Å²) < 4.78 is 0. The van der Waals surface area contributed by atoms with Crippen LogP contribution < -0.4 is 5.32 Å². The van der Waals surface area contributed by atoms with Crippen LogP contribution in [0.3, 0.4) is 0 Å². The van der Waals surface area contributed by atoms with Crippen LogP contribution in [0.2, 0.25) is 0 Å². The quantitative estimate of drug-likeness (QED) is 0.896. The Balaban J connectivity index is 2.22. The van der Waals surface area contributed by atoms with Crippen LogP contribution in [-0.4, -0.2) is 17.1 Å². The molecule has 2 N–H and O–H groups in total. The molecule has 1 aliphatic rings. The second kappa shape index (κ2) is 6.18. The first-order valence-electron chi connectivity index (χ1n) is 7.84. The SMILES string of the molecule is Cc1ccccc1C(NC(=O)C1CCCC1O)C(C)(C)C. The van der Waals surface area contributed by atoms with Gasteiger partial charge in [0.15, 0.2) is 0 Å². The summed E-state index contributed by atoms with van der Waals surface area (Å²) in [5.74, 6) is -0.262. The first-order chi connectivity index (χ1) is 9.80. The standard InChI is InChI=1S/C18H27NO2/c1-12-8-5-6-9-13(12)16(18(2,3)4)19-17(21)14-10-7-11-15(14)20/h5-6,8-9,14-16,20H,7,10-11H2,1-4H3,(H,19,21). The molecular weight excluding hydrogens is 262 g/mol. The summed E-state index contributed by atoms with van der Waals surface area (Å²) in [6, 6.07) is 8.14. The van der Waals surface area contributed by atoms with Crippen molar-refractivity contribution in [1.82, 2.24) is 5.32 Å². The fourth-order valence-electron chi connectivity index (χ4n) is 3.17. The molecule has 0 saturated heterocycles. The highest BCUT2D eigenvalue weighted by molar-refractivity contribution is 5.80. The summed E-state index contributed by atoms with van der Waals surface area (Å²) in [4.78, 5) is 12.5. The van der Waals surface area contributed by atoms with Gasteiger partial charge in [0.05, 0.1) is 18.1 Å². The Morgan fingerprint density at radius 1 is 1.29 bits per heavy atom. The maximum Gasteiger partial charge on any atom is 0.226 e. The zero-order chi connectivity index (χ0) is 15.6. The van der Waals surface area contributed by atoms with Gasteiger partial charge in [-0.3, -0.25) is 4.79 Å². The van der Waals surface area contributed by atoms with Crippen molar-refractivity contribution in [3.05, 3.63) is 35.4 Å². The van der Waals surface area contributed by atoms with Crippen molar-refractivity contribution < 1.29 is 9.90 Å². The van der Waals surface area contributed by atoms with Gasteiger partial charge in [-0.2, -0.15) is 0 Å². The molecule has 1 fully saturated rings. The van der Waals surface area contributed by atoms with E-state index in [-0.39, 0.29) is 23.3 Å². The van der Waals surface area contributed by atoms with E-state index in [1.165, 1.54) is 5.56 Å². The van der Waals surface area contributed by atoms with E-state index in [1.54, 1.807) is 0 Å². The fraction of sp³-hybridized carbons (Fsp3) is 0.611. The first kappa shape index (κ1) is 16.0. The second-order valence-corrected chi connectivity index (χ2v) is 7.27. The third-order valence-electron chi connectivity index (χ3n) is 4.47. The molecule has 0 radical (unpaired) electrons. The highest BCUT2D eigenvalue weighted by atomic mass is 16.3. The molecule has 0 spiro atoms. The number of aliphatic hydroxyl groups is 1. The van der Waals surface area contributed by atoms with Gasteiger partial charge in [-0.1, -0.05) is 45.0 Å². The van der Waals surface area contributed by atoms with Crippen molar-refractivity contribution in [2.24, 2.45) is 11.3 Å². The topological polar surface area (TPSA) is 49.3 Å². The van der Waals surface area contributed by atoms with E-state index in [0.29, 0.717) is 0 Å². The largest absolute Gasteiger partial charge is 0.392 e. The number of aliphatic hydroxyl groups excluding tert-OH is 1. The van der Waals surface area contributed by atoms with E-state index in [2.05, 4.69) is 45.1 Å². The lowest BCUT2D eigenvalue weighted by Crippen LogP contribution is -2.42. The molecule has 1 amide bonds. The van der Waals surface area contributed by atoms with Gasteiger partial charge in [0, 0.05) is 0 Å². The Labute approximate surface area is 127 Å². The molecule has 3 nitrogen and oxygen atoms in total.